The van der Waals surface area contributed by atoms with E-state index < -0.39 is 10.8 Å². The maximum Gasteiger partial charge on any atom is 0.433 e. The Bertz CT molecular complexity index is 955. The fraction of sp³-hybridized carbons (Fsp3) is 0.294. The maximum absolute atomic E-state index is 12.4. The first-order chi connectivity index (χ1) is 12.6. The van der Waals surface area contributed by atoms with Gasteiger partial charge in [-0.1, -0.05) is 6.07 Å². The lowest BCUT2D eigenvalue weighted by molar-refractivity contribution is -0.402. The quantitative estimate of drug-likeness (QED) is 0.523. The van der Waals surface area contributed by atoms with E-state index in [1.54, 1.807) is 4.90 Å². The zero-order valence-electron chi connectivity index (χ0n) is 13.9. The molecular weight excluding hydrogens is 338 g/mol. The van der Waals surface area contributed by atoms with Gasteiger partial charge in [0.1, 0.15) is 10.6 Å². The van der Waals surface area contributed by atoms with Crippen molar-refractivity contribution in [3.63, 3.8) is 0 Å². The summed E-state index contributed by atoms with van der Waals surface area (Å²) in [4.78, 5) is 30.7. The summed E-state index contributed by atoms with van der Waals surface area (Å²) in [6.45, 7) is 3.27. The lowest BCUT2D eigenvalue weighted by Crippen LogP contribution is -2.48. The first-order valence-corrected chi connectivity index (χ1v) is 8.28. The number of carbonyl (C=O) groups is 1. The number of rotatable bonds is 4. The number of nitrogens with zero attached hydrogens (tertiary/aromatic N) is 5. The van der Waals surface area contributed by atoms with Crippen LogP contribution in [-0.2, 0) is 6.54 Å². The second-order valence-corrected chi connectivity index (χ2v) is 6.14. The predicted octanol–water partition coefficient (Wildman–Crippen LogP) is 1.79. The first kappa shape index (κ1) is 16.3. The number of hydrogen-bond donors (Lipinski definition) is 0. The number of hydrogen-bond acceptors (Lipinski definition) is 6. The SMILES string of the molecule is O=C(c1ccc([N+](=O)[O-])o1)N1CCN(Cc2cnc3ccccn23)CC1. The van der Waals surface area contributed by atoms with Crippen molar-refractivity contribution >= 4 is 17.4 Å². The lowest BCUT2D eigenvalue weighted by atomic mass is 10.2. The van der Waals surface area contributed by atoms with Crippen LogP contribution in [-0.4, -0.2) is 56.2 Å². The number of amides is 1. The fourth-order valence-electron chi connectivity index (χ4n) is 3.14. The second-order valence-electron chi connectivity index (χ2n) is 6.14. The number of pyridine rings is 1. The van der Waals surface area contributed by atoms with E-state index in [1.807, 2.05) is 30.6 Å². The standard InChI is InChI=1S/C17H17N5O4/c23-17(14-4-5-16(26-14)22(24)25)20-9-7-19(8-10-20)12-13-11-18-15-3-1-2-6-21(13)15/h1-6,11H,7-10,12H2. The van der Waals surface area contributed by atoms with Crippen LogP contribution in [0.5, 0.6) is 0 Å². The van der Waals surface area contributed by atoms with E-state index in [4.69, 9.17) is 4.42 Å². The molecule has 0 atom stereocenters. The molecule has 0 unspecified atom stereocenters. The normalized spacial score (nSPS) is 15.5. The van der Waals surface area contributed by atoms with Crippen LogP contribution in [0.1, 0.15) is 16.2 Å². The minimum Gasteiger partial charge on any atom is -0.395 e. The molecule has 0 spiro atoms. The molecular formula is C17H17N5O4. The Kier molecular flexibility index (Phi) is 4.13. The molecule has 0 bridgehead atoms. The van der Waals surface area contributed by atoms with Crippen LogP contribution < -0.4 is 0 Å². The molecule has 0 radical (unpaired) electrons. The Labute approximate surface area is 148 Å². The van der Waals surface area contributed by atoms with Crippen LogP contribution >= 0.6 is 0 Å². The Balaban J connectivity index is 1.37. The number of carbonyl (C=O) groups excluding carboxylic acids is 1. The van der Waals surface area contributed by atoms with Gasteiger partial charge in [0.2, 0.25) is 0 Å². The summed E-state index contributed by atoms with van der Waals surface area (Å²) in [6.07, 6.45) is 3.86. The molecule has 3 aromatic heterocycles. The van der Waals surface area contributed by atoms with Crippen molar-refractivity contribution in [2.75, 3.05) is 26.2 Å². The Morgan fingerprint density at radius 3 is 2.73 bits per heavy atom. The molecule has 0 N–H and O–H groups in total. The molecule has 4 rings (SSSR count). The third-order valence-electron chi connectivity index (χ3n) is 4.52. The summed E-state index contributed by atoms with van der Waals surface area (Å²) in [5.41, 5.74) is 2.01. The fourth-order valence-corrected chi connectivity index (χ4v) is 3.14. The molecule has 1 aliphatic heterocycles. The van der Waals surface area contributed by atoms with E-state index in [9.17, 15) is 14.9 Å². The van der Waals surface area contributed by atoms with Gasteiger partial charge in [0.15, 0.2) is 5.76 Å². The van der Waals surface area contributed by atoms with E-state index in [0.717, 1.165) is 17.9 Å². The van der Waals surface area contributed by atoms with E-state index in [0.29, 0.717) is 26.2 Å². The number of imidazole rings is 1. The summed E-state index contributed by atoms with van der Waals surface area (Å²) in [6, 6.07) is 8.44. The van der Waals surface area contributed by atoms with Crippen LogP contribution in [0.15, 0.2) is 47.1 Å². The van der Waals surface area contributed by atoms with Crippen molar-refractivity contribution in [1.29, 1.82) is 0 Å². The maximum atomic E-state index is 12.4. The molecule has 9 nitrogen and oxygen atoms in total. The summed E-state index contributed by atoms with van der Waals surface area (Å²) in [5, 5.41) is 10.7. The molecule has 0 aliphatic carbocycles. The first-order valence-electron chi connectivity index (χ1n) is 8.28. The predicted molar refractivity (Wildman–Crippen MR) is 91.7 cm³/mol. The zero-order valence-corrected chi connectivity index (χ0v) is 13.9. The Morgan fingerprint density at radius 2 is 2.00 bits per heavy atom. The molecule has 0 saturated carbocycles. The van der Waals surface area contributed by atoms with Gasteiger partial charge in [-0.25, -0.2) is 4.98 Å². The van der Waals surface area contributed by atoms with Gasteiger partial charge in [0, 0.05) is 38.9 Å². The highest BCUT2D eigenvalue weighted by atomic mass is 16.6. The van der Waals surface area contributed by atoms with Gasteiger partial charge < -0.3 is 13.7 Å². The van der Waals surface area contributed by atoms with Crippen molar-refractivity contribution in [2.24, 2.45) is 0 Å². The molecule has 3 aromatic rings. The molecule has 1 aliphatic rings. The average Bonchev–Trinajstić information content (AvgIpc) is 3.30. The van der Waals surface area contributed by atoms with Crippen molar-refractivity contribution in [3.8, 4) is 0 Å². The minimum atomic E-state index is -0.648. The van der Waals surface area contributed by atoms with Crippen LogP contribution in [0.3, 0.4) is 0 Å². The highest BCUT2D eigenvalue weighted by molar-refractivity contribution is 5.91. The van der Waals surface area contributed by atoms with Crippen LogP contribution in [0.4, 0.5) is 5.88 Å². The molecule has 1 fully saturated rings. The van der Waals surface area contributed by atoms with Crippen molar-refractivity contribution in [1.82, 2.24) is 19.2 Å². The third kappa shape index (κ3) is 3.04. The minimum absolute atomic E-state index is 0.00642. The molecule has 9 heteroatoms. The highest BCUT2D eigenvalue weighted by Gasteiger charge is 2.26. The molecule has 4 heterocycles. The van der Waals surface area contributed by atoms with Crippen LogP contribution in [0.2, 0.25) is 0 Å². The van der Waals surface area contributed by atoms with Crippen molar-refractivity contribution < 1.29 is 14.1 Å². The van der Waals surface area contributed by atoms with Crippen molar-refractivity contribution in [3.05, 3.63) is 64.3 Å². The molecule has 26 heavy (non-hydrogen) atoms. The zero-order chi connectivity index (χ0) is 18.1. The van der Waals surface area contributed by atoms with Crippen LogP contribution in [0.25, 0.3) is 5.65 Å². The van der Waals surface area contributed by atoms with E-state index >= 15 is 0 Å². The van der Waals surface area contributed by atoms with Crippen LogP contribution in [0, 0.1) is 10.1 Å². The average molecular weight is 355 g/mol. The van der Waals surface area contributed by atoms with Gasteiger partial charge in [-0.2, -0.15) is 0 Å². The van der Waals surface area contributed by atoms with Gasteiger partial charge in [-0.15, -0.1) is 0 Å². The number of furan rings is 1. The number of piperazine rings is 1. The highest BCUT2D eigenvalue weighted by Crippen LogP contribution is 2.18. The number of fused-ring (bicyclic) bond motifs is 1. The molecule has 1 saturated heterocycles. The lowest BCUT2D eigenvalue weighted by Gasteiger charge is -2.34. The smallest absolute Gasteiger partial charge is 0.395 e. The summed E-state index contributed by atoms with van der Waals surface area (Å²) in [5.74, 6) is -0.723. The van der Waals surface area contributed by atoms with Gasteiger partial charge in [0.25, 0.3) is 5.91 Å². The monoisotopic (exact) mass is 355 g/mol. The topological polar surface area (TPSA) is 97.1 Å². The van der Waals surface area contributed by atoms with E-state index in [2.05, 4.69) is 14.3 Å². The van der Waals surface area contributed by atoms with Gasteiger partial charge in [-0.3, -0.25) is 19.8 Å². The third-order valence-corrected chi connectivity index (χ3v) is 4.52. The van der Waals surface area contributed by atoms with Gasteiger partial charge in [0.05, 0.1) is 18.0 Å². The summed E-state index contributed by atoms with van der Waals surface area (Å²) >= 11 is 0. The van der Waals surface area contributed by atoms with Gasteiger partial charge in [-0.05, 0) is 18.2 Å². The van der Waals surface area contributed by atoms with Gasteiger partial charge >= 0.3 is 5.88 Å². The molecule has 0 aromatic carbocycles. The second kappa shape index (κ2) is 6.60. The van der Waals surface area contributed by atoms with E-state index in [-0.39, 0.29) is 11.7 Å². The summed E-state index contributed by atoms with van der Waals surface area (Å²) < 4.78 is 7.06. The number of nitro groups is 1. The largest absolute Gasteiger partial charge is 0.433 e. The Morgan fingerprint density at radius 1 is 1.19 bits per heavy atom. The van der Waals surface area contributed by atoms with Crippen molar-refractivity contribution in [2.45, 2.75) is 6.54 Å². The summed E-state index contributed by atoms with van der Waals surface area (Å²) in [7, 11) is 0. The Hall–Kier alpha value is -3.20. The molecule has 1 amide bonds. The molecule has 134 valence electrons. The van der Waals surface area contributed by atoms with E-state index in [1.165, 1.54) is 12.1 Å². The number of aromatic nitrogens is 2.